The summed E-state index contributed by atoms with van der Waals surface area (Å²) in [7, 11) is 0. The van der Waals surface area contributed by atoms with Gasteiger partial charge in [-0.2, -0.15) is 0 Å². The average molecular weight is 195 g/mol. The second-order valence-electron chi connectivity index (χ2n) is 4.48. The van der Waals surface area contributed by atoms with Crippen LogP contribution in [0.2, 0.25) is 0 Å². The fraction of sp³-hybridized carbons (Fsp3) is 0.667. The molecular weight excluding hydrogens is 174 g/mol. The Hall–Kier alpha value is -0.760. The molecule has 0 aliphatic carbocycles. The number of rotatable bonds is 4. The van der Waals surface area contributed by atoms with Gasteiger partial charge in [-0.25, -0.2) is 0 Å². The van der Waals surface area contributed by atoms with Crippen molar-refractivity contribution in [1.82, 2.24) is 0 Å². The van der Waals surface area contributed by atoms with Crippen LogP contribution in [0.15, 0.2) is 16.5 Å². The molecular formula is C12H21NO. The lowest BCUT2D eigenvalue weighted by atomic mass is 9.81. The van der Waals surface area contributed by atoms with E-state index in [4.69, 9.17) is 10.2 Å². The molecule has 14 heavy (non-hydrogen) atoms. The first-order valence-electron chi connectivity index (χ1n) is 5.35. The predicted octanol–water partition coefficient (Wildman–Crippen LogP) is 3.28. The van der Waals surface area contributed by atoms with E-state index >= 15 is 0 Å². The maximum absolute atomic E-state index is 6.16. The Morgan fingerprint density at radius 1 is 1.36 bits per heavy atom. The molecule has 2 nitrogen and oxygen atoms in total. The Labute approximate surface area is 86.5 Å². The van der Waals surface area contributed by atoms with Crippen molar-refractivity contribution in [2.24, 2.45) is 11.1 Å². The van der Waals surface area contributed by atoms with Crippen LogP contribution in [0.1, 0.15) is 51.7 Å². The van der Waals surface area contributed by atoms with Crippen molar-refractivity contribution in [3.8, 4) is 0 Å². The van der Waals surface area contributed by atoms with Crippen LogP contribution in [0.3, 0.4) is 0 Å². The standard InChI is InChI=1S/C12H21NO/c1-5-9-7-8-10(14-9)11(13)12(3,4)6-2/h7-8,11H,5-6,13H2,1-4H3. The zero-order valence-electron chi connectivity index (χ0n) is 9.63. The molecule has 1 heterocycles. The van der Waals surface area contributed by atoms with E-state index in [1.807, 2.05) is 12.1 Å². The minimum absolute atomic E-state index is 0.00667. The Morgan fingerprint density at radius 3 is 2.43 bits per heavy atom. The molecule has 1 aromatic rings. The molecule has 2 heteroatoms. The van der Waals surface area contributed by atoms with Crippen LogP contribution in [0, 0.1) is 5.41 Å². The van der Waals surface area contributed by atoms with Gasteiger partial charge in [-0.1, -0.05) is 27.7 Å². The summed E-state index contributed by atoms with van der Waals surface area (Å²) < 4.78 is 5.66. The van der Waals surface area contributed by atoms with E-state index in [0.717, 1.165) is 24.4 Å². The molecule has 0 spiro atoms. The van der Waals surface area contributed by atoms with E-state index in [1.165, 1.54) is 0 Å². The lowest BCUT2D eigenvalue weighted by Gasteiger charge is -2.28. The first-order chi connectivity index (χ1) is 6.51. The number of hydrogen-bond donors (Lipinski definition) is 1. The van der Waals surface area contributed by atoms with Crippen LogP contribution in [0.4, 0.5) is 0 Å². The number of aryl methyl sites for hydroxylation is 1. The smallest absolute Gasteiger partial charge is 0.121 e. The van der Waals surface area contributed by atoms with Gasteiger partial charge in [0.15, 0.2) is 0 Å². The molecule has 0 aromatic carbocycles. The molecule has 0 aliphatic heterocycles. The monoisotopic (exact) mass is 195 g/mol. The Kier molecular flexibility index (Phi) is 3.38. The molecule has 0 bridgehead atoms. The largest absolute Gasteiger partial charge is 0.464 e. The molecule has 2 N–H and O–H groups in total. The van der Waals surface area contributed by atoms with Gasteiger partial charge in [0.05, 0.1) is 6.04 Å². The lowest BCUT2D eigenvalue weighted by Crippen LogP contribution is -2.28. The van der Waals surface area contributed by atoms with E-state index in [-0.39, 0.29) is 11.5 Å². The normalized spacial score (nSPS) is 14.4. The van der Waals surface area contributed by atoms with E-state index in [2.05, 4.69) is 27.7 Å². The van der Waals surface area contributed by atoms with Gasteiger partial charge in [-0.3, -0.25) is 0 Å². The van der Waals surface area contributed by atoms with Crippen LogP contribution in [0.5, 0.6) is 0 Å². The third-order valence-corrected chi connectivity index (χ3v) is 3.09. The minimum Gasteiger partial charge on any atom is -0.464 e. The summed E-state index contributed by atoms with van der Waals surface area (Å²) in [5, 5.41) is 0. The molecule has 0 radical (unpaired) electrons. The van der Waals surface area contributed by atoms with Gasteiger partial charge in [0.1, 0.15) is 11.5 Å². The summed E-state index contributed by atoms with van der Waals surface area (Å²) in [6.45, 7) is 8.58. The zero-order valence-corrected chi connectivity index (χ0v) is 9.63. The maximum atomic E-state index is 6.16. The highest BCUT2D eigenvalue weighted by atomic mass is 16.3. The lowest BCUT2D eigenvalue weighted by molar-refractivity contribution is 0.244. The molecule has 0 amide bonds. The van der Waals surface area contributed by atoms with Crippen molar-refractivity contribution in [3.05, 3.63) is 23.7 Å². The molecule has 1 atom stereocenters. The fourth-order valence-electron chi connectivity index (χ4n) is 1.36. The van der Waals surface area contributed by atoms with Crippen molar-refractivity contribution in [3.63, 3.8) is 0 Å². The molecule has 1 aromatic heterocycles. The topological polar surface area (TPSA) is 39.2 Å². The molecule has 80 valence electrons. The maximum Gasteiger partial charge on any atom is 0.121 e. The Balaban J connectivity index is 2.83. The van der Waals surface area contributed by atoms with Crippen LogP contribution < -0.4 is 5.73 Å². The van der Waals surface area contributed by atoms with E-state index in [9.17, 15) is 0 Å². The van der Waals surface area contributed by atoms with Crippen LogP contribution in [0.25, 0.3) is 0 Å². The second-order valence-corrected chi connectivity index (χ2v) is 4.48. The molecule has 0 aliphatic rings. The molecule has 0 saturated carbocycles. The highest BCUT2D eigenvalue weighted by Gasteiger charge is 2.27. The minimum atomic E-state index is -0.00667. The van der Waals surface area contributed by atoms with Crippen molar-refractivity contribution < 1.29 is 4.42 Å². The SMILES string of the molecule is CCc1ccc(C(N)C(C)(C)CC)o1. The highest BCUT2D eigenvalue weighted by Crippen LogP contribution is 2.34. The summed E-state index contributed by atoms with van der Waals surface area (Å²) in [5.74, 6) is 1.93. The fourth-order valence-corrected chi connectivity index (χ4v) is 1.36. The molecule has 1 rings (SSSR count). The van der Waals surface area contributed by atoms with E-state index in [0.29, 0.717) is 0 Å². The van der Waals surface area contributed by atoms with Crippen molar-refractivity contribution in [2.75, 3.05) is 0 Å². The summed E-state index contributed by atoms with van der Waals surface area (Å²) in [4.78, 5) is 0. The molecule has 0 saturated heterocycles. The van der Waals surface area contributed by atoms with Gasteiger partial charge >= 0.3 is 0 Å². The third kappa shape index (κ3) is 2.18. The van der Waals surface area contributed by atoms with Gasteiger partial charge in [0.25, 0.3) is 0 Å². The number of furan rings is 1. The van der Waals surface area contributed by atoms with Crippen LogP contribution in [-0.4, -0.2) is 0 Å². The van der Waals surface area contributed by atoms with Crippen molar-refractivity contribution in [2.45, 2.75) is 46.6 Å². The average Bonchev–Trinajstić information content (AvgIpc) is 2.64. The van der Waals surface area contributed by atoms with Crippen LogP contribution in [-0.2, 0) is 6.42 Å². The molecule has 1 unspecified atom stereocenters. The zero-order chi connectivity index (χ0) is 10.8. The van der Waals surface area contributed by atoms with E-state index in [1.54, 1.807) is 0 Å². The van der Waals surface area contributed by atoms with Crippen molar-refractivity contribution >= 4 is 0 Å². The summed E-state index contributed by atoms with van der Waals surface area (Å²) >= 11 is 0. The van der Waals surface area contributed by atoms with Crippen LogP contribution >= 0.6 is 0 Å². The number of nitrogens with two attached hydrogens (primary N) is 1. The van der Waals surface area contributed by atoms with Gasteiger partial charge in [0, 0.05) is 6.42 Å². The first kappa shape index (κ1) is 11.3. The summed E-state index contributed by atoms with van der Waals surface area (Å²) in [6, 6.07) is 4.01. The first-order valence-corrected chi connectivity index (χ1v) is 5.35. The second kappa shape index (κ2) is 4.18. The Morgan fingerprint density at radius 2 is 2.00 bits per heavy atom. The van der Waals surface area contributed by atoms with E-state index < -0.39 is 0 Å². The van der Waals surface area contributed by atoms with Gasteiger partial charge in [-0.05, 0) is 24.0 Å². The third-order valence-electron chi connectivity index (χ3n) is 3.09. The van der Waals surface area contributed by atoms with Crippen molar-refractivity contribution in [1.29, 1.82) is 0 Å². The predicted molar refractivity (Wildman–Crippen MR) is 59.1 cm³/mol. The highest BCUT2D eigenvalue weighted by molar-refractivity contribution is 5.12. The van der Waals surface area contributed by atoms with Gasteiger partial charge < -0.3 is 10.2 Å². The quantitative estimate of drug-likeness (QED) is 0.800. The van der Waals surface area contributed by atoms with Gasteiger partial charge in [0.2, 0.25) is 0 Å². The van der Waals surface area contributed by atoms with Gasteiger partial charge in [-0.15, -0.1) is 0 Å². The Bertz CT molecular complexity index is 288. The summed E-state index contributed by atoms with van der Waals surface area (Å²) in [5.41, 5.74) is 6.26. The molecule has 0 fully saturated rings. The number of hydrogen-bond acceptors (Lipinski definition) is 2. The summed E-state index contributed by atoms with van der Waals surface area (Å²) in [6.07, 6.45) is 1.98.